The van der Waals surface area contributed by atoms with Crippen LogP contribution in [-0.4, -0.2) is 11.7 Å². The quantitative estimate of drug-likeness (QED) is 0.717. The van der Waals surface area contributed by atoms with E-state index >= 15 is 0 Å². The fourth-order valence-electron chi connectivity index (χ4n) is 1.89. The Hall–Kier alpha value is -0.730. The standard InChI is InChI=1S/C11H13ClO2/c1-6-5-9-10(7(2)11(6)12)8(13)3-4-14-9/h5,8,13H,3-4H2,1-2H3/t8-/m0/s1. The molecule has 0 radical (unpaired) electrons. The van der Waals surface area contributed by atoms with Crippen molar-refractivity contribution in [2.75, 3.05) is 6.61 Å². The van der Waals surface area contributed by atoms with Crippen molar-refractivity contribution in [1.29, 1.82) is 0 Å². The normalized spacial score (nSPS) is 20.1. The molecule has 1 aromatic carbocycles. The molecular formula is C11H13ClO2. The SMILES string of the molecule is Cc1cc2c(c(C)c1Cl)[C@@H](O)CCO2. The second-order valence-electron chi connectivity index (χ2n) is 3.70. The van der Waals surface area contributed by atoms with E-state index in [1.165, 1.54) is 0 Å². The summed E-state index contributed by atoms with van der Waals surface area (Å²) in [5, 5.41) is 10.5. The summed E-state index contributed by atoms with van der Waals surface area (Å²) in [4.78, 5) is 0. The van der Waals surface area contributed by atoms with Crippen LogP contribution in [0.15, 0.2) is 6.07 Å². The van der Waals surface area contributed by atoms with E-state index < -0.39 is 6.10 Å². The highest BCUT2D eigenvalue weighted by Crippen LogP contribution is 2.39. The van der Waals surface area contributed by atoms with Gasteiger partial charge in [-0.25, -0.2) is 0 Å². The molecule has 2 rings (SSSR count). The smallest absolute Gasteiger partial charge is 0.125 e. The summed E-state index contributed by atoms with van der Waals surface area (Å²) in [6, 6.07) is 1.90. The molecular weight excluding hydrogens is 200 g/mol. The summed E-state index contributed by atoms with van der Waals surface area (Å²) < 4.78 is 5.49. The first-order chi connectivity index (χ1) is 6.61. The first-order valence-corrected chi connectivity index (χ1v) is 5.09. The van der Waals surface area contributed by atoms with Crippen LogP contribution in [0.25, 0.3) is 0 Å². The highest BCUT2D eigenvalue weighted by Gasteiger charge is 2.23. The molecule has 0 unspecified atom stereocenters. The van der Waals surface area contributed by atoms with Gasteiger partial charge in [0.2, 0.25) is 0 Å². The van der Waals surface area contributed by atoms with E-state index in [9.17, 15) is 5.11 Å². The summed E-state index contributed by atoms with van der Waals surface area (Å²) >= 11 is 6.11. The van der Waals surface area contributed by atoms with Gasteiger partial charge in [0.1, 0.15) is 5.75 Å². The number of hydrogen-bond donors (Lipinski definition) is 1. The molecule has 1 aliphatic rings. The molecule has 1 aromatic rings. The molecule has 0 spiro atoms. The molecule has 2 nitrogen and oxygen atoms in total. The average Bonchev–Trinajstić information content (AvgIpc) is 2.14. The van der Waals surface area contributed by atoms with Gasteiger partial charge < -0.3 is 9.84 Å². The molecule has 1 N–H and O–H groups in total. The number of benzene rings is 1. The van der Waals surface area contributed by atoms with Crippen LogP contribution in [-0.2, 0) is 0 Å². The number of ether oxygens (including phenoxy) is 1. The second-order valence-corrected chi connectivity index (χ2v) is 4.08. The van der Waals surface area contributed by atoms with E-state index in [1.807, 2.05) is 19.9 Å². The topological polar surface area (TPSA) is 29.5 Å². The summed E-state index contributed by atoms with van der Waals surface area (Å²) in [7, 11) is 0. The van der Waals surface area contributed by atoms with Gasteiger partial charge in [-0.2, -0.15) is 0 Å². The van der Waals surface area contributed by atoms with E-state index in [-0.39, 0.29) is 0 Å². The van der Waals surface area contributed by atoms with Gasteiger partial charge in [-0.15, -0.1) is 0 Å². The molecule has 0 bridgehead atoms. The molecule has 76 valence electrons. The Morgan fingerprint density at radius 3 is 2.93 bits per heavy atom. The van der Waals surface area contributed by atoms with Crippen molar-refractivity contribution in [1.82, 2.24) is 0 Å². The van der Waals surface area contributed by atoms with Crippen LogP contribution < -0.4 is 4.74 Å². The number of halogens is 1. The predicted molar refractivity (Wildman–Crippen MR) is 56.0 cm³/mol. The first kappa shape index (κ1) is 9.81. The van der Waals surface area contributed by atoms with Gasteiger partial charge in [-0.05, 0) is 31.0 Å². The fraction of sp³-hybridized carbons (Fsp3) is 0.455. The Bertz CT molecular complexity index is 374. The Kier molecular flexibility index (Phi) is 2.41. The van der Waals surface area contributed by atoms with Gasteiger partial charge in [-0.3, -0.25) is 0 Å². The van der Waals surface area contributed by atoms with Gasteiger partial charge in [-0.1, -0.05) is 11.6 Å². The zero-order valence-corrected chi connectivity index (χ0v) is 9.06. The lowest BCUT2D eigenvalue weighted by Crippen LogP contribution is -2.15. The average molecular weight is 213 g/mol. The molecule has 3 heteroatoms. The Balaban J connectivity index is 2.64. The van der Waals surface area contributed by atoms with Crippen molar-refractivity contribution in [3.63, 3.8) is 0 Å². The second kappa shape index (κ2) is 3.44. The monoisotopic (exact) mass is 212 g/mol. The molecule has 0 saturated carbocycles. The number of fused-ring (bicyclic) bond motifs is 1. The van der Waals surface area contributed by atoms with Crippen molar-refractivity contribution in [2.24, 2.45) is 0 Å². The lowest BCUT2D eigenvalue weighted by molar-refractivity contribution is 0.114. The van der Waals surface area contributed by atoms with Crippen LogP contribution in [0.5, 0.6) is 5.75 Å². The van der Waals surface area contributed by atoms with Crippen LogP contribution in [0.4, 0.5) is 0 Å². The Morgan fingerprint density at radius 1 is 1.50 bits per heavy atom. The third-order valence-electron chi connectivity index (χ3n) is 2.67. The summed E-state index contributed by atoms with van der Waals surface area (Å²) in [6.07, 6.45) is 0.213. The van der Waals surface area contributed by atoms with Crippen molar-refractivity contribution in [3.8, 4) is 5.75 Å². The predicted octanol–water partition coefficient (Wildman–Crippen LogP) is 2.77. The van der Waals surface area contributed by atoms with Crippen molar-refractivity contribution in [2.45, 2.75) is 26.4 Å². The van der Waals surface area contributed by atoms with Gasteiger partial charge in [0.05, 0.1) is 12.7 Å². The minimum Gasteiger partial charge on any atom is -0.493 e. The highest BCUT2D eigenvalue weighted by atomic mass is 35.5. The van der Waals surface area contributed by atoms with Crippen LogP contribution in [0.1, 0.15) is 29.2 Å². The first-order valence-electron chi connectivity index (χ1n) is 4.71. The lowest BCUT2D eigenvalue weighted by Gasteiger charge is -2.25. The molecule has 1 atom stereocenters. The molecule has 0 amide bonds. The zero-order valence-electron chi connectivity index (χ0n) is 8.30. The van der Waals surface area contributed by atoms with E-state index in [4.69, 9.17) is 16.3 Å². The highest BCUT2D eigenvalue weighted by molar-refractivity contribution is 6.32. The van der Waals surface area contributed by atoms with E-state index in [1.54, 1.807) is 0 Å². The molecule has 0 fully saturated rings. The summed E-state index contributed by atoms with van der Waals surface area (Å²) in [5.74, 6) is 0.781. The van der Waals surface area contributed by atoms with Gasteiger partial charge in [0.25, 0.3) is 0 Å². The number of aliphatic hydroxyl groups excluding tert-OH is 1. The number of aryl methyl sites for hydroxylation is 1. The largest absolute Gasteiger partial charge is 0.493 e. The van der Waals surface area contributed by atoms with E-state index in [0.29, 0.717) is 13.0 Å². The minimum absolute atomic E-state index is 0.433. The fourth-order valence-corrected chi connectivity index (χ4v) is 2.05. The third-order valence-corrected chi connectivity index (χ3v) is 3.26. The van der Waals surface area contributed by atoms with Crippen LogP contribution in [0, 0.1) is 13.8 Å². The Labute approximate surface area is 88.5 Å². The van der Waals surface area contributed by atoms with Crippen LogP contribution >= 0.6 is 11.6 Å². The maximum atomic E-state index is 9.82. The number of rotatable bonds is 0. The van der Waals surface area contributed by atoms with Crippen molar-refractivity contribution in [3.05, 3.63) is 27.8 Å². The molecule has 0 aliphatic carbocycles. The van der Waals surface area contributed by atoms with E-state index in [2.05, 4.69) is 0 Å². The summed E-state index contributed by atoms with van der Waals surface area (Å²) in [5.41, 5.74) is 2.79. The summed E-state index contributed by atoms with van der Waals surface area (Å²) in [6.45, 7) is 4.45. The van der Waals surface area contributed by atoms with Gasteiger partial charge >= 0.3 is 0 Å². The maximum Gasteiger partial charge on any atom is 0.125 e. The van der Waals surface area contributed by atoms with Gasteiger partial charge in [0.15, 0.2) is 0 Å². The molecule has 14 heavy (non-hydrogen) atoms. The third kappa shape index (κ3) is 1.39. The molecule has 1 aliphatic heterocycles. The Morgan fingerprint density at radius 2 is 2.21 bits per heavy atom. The maximum absolute atomic E-state index is 9.82. The number of hydrogen-bond acceptors (Lipinski definition) is 2. The molecule has 1 heterocycles. The molecule has 0 aromatic heterocycles. The van der Waals surface area contributed by atoms with Gasteiger partial charge in [0, 0.05) is 17.0 Å². The van der Waals surface area contributed by atoms with Crippen LogP contribution in [0.2, 0.25) is 5.02 Å². The number of aliphatic hydroxyl groups is 1. The lowest BCUT2D eigenvalue weighted by atomic mass is 9.96. The van der Waals surface area contributed by atoms with Crippen molar-refractivity contribution >= 4 is 11.6 Å². The van der Waals surface area contributed by atoms with E-state index in [0.717, 1.165) is 27.5 Å². The molecule has 0 saturated heterocycles. The minimum atomic E-state index is -0.433. The van der Waals surface area contributed by atoms with Crippen LogP contribution in [0.3, 0.4) is 0 Å². The zero-order chi connectivity index (χ0) is 10.3. The van der Waals surface area contributed by atoms with Crippen molar-refractivity contribution < 1.29 is 9.84 Å².